The summed E-state index contributed by atoms with van der Waals surface area (Å²) >= 11 is 0. The fourth-order valence-electron chi connectivity index (χ4n) is 2.10. The molecule has 1 atom stereocenters. The maximum Gasteiger partial charge on any atom is 0.331 e. The molecular formula is C15H18N2O5S. The number of hydrogen-bond donors (Lipinski definition) is 1. The minimum Gasteiger partial charge on any atom is -0.456 e. The maximum atomic E-state index is 12.1. The molecule has 0 saturated carbocycles. The molecular weight excluding hydrogens is 320 g/mol. The smallest absolute Gasteiger partial charge is 0.331 e. The number of rotatable bonds is 5. The van der Waals surface area contributed by atoms with Crippen LogP contribution in [0.4, 0.5) is 0 Å². The van der Waals surface area contributed by atoms with Crippen molar-refractivity contribution < 1.29 is 22.7 Å². The average molecular weight is 338 g/mol. The minimum absolute atomic E-state index is 0.110. The molecule has 1 aliphatic heterocycles. The van der Waals surface area contributed by atoms with Gasteiger partial charge in [-0.05, 0) is 25.0 Å². The van der Waals surface area contributed by atoms with Crippen LogP contribution in [0.25, 0.3) is 0 Å². The Morgan fingerprint density at radius 2 is 1.91 bits per heavy atom. The largest absolute Gasteiger partial charge is 0.456 e. The van der Waals surface area contributed by atoms with Crippen molar-refractivity contribution in [3.05, 3.63) is 29.8 Å². The fourth-order valence-corrected chi connectivity index (χ4v) is 3.34. The summed E-state index contributed by atoms with van der Waals surface area (Å²) in [5, 5.41) is 0. The van der Waals surface area contributed by atoms with Gasteiger partial charge in [0.05, 0.1) is 4.90 Å². The Morgan fingerprint density at radius 3 is 2.52 bits per heavy atom. The zero-order chi connectivity index (χ0) is 17.2. The van der Waals surface area contributed by atoms with Crippen molar-refractivity contribution in [1.82, 2.24) is 4.72 Å². The van der Waals surface area contributed by atoms with Crippen LogP contribution in [0.1, 0.15) is 26.3 Å². The molecule has 8 heteroatoms. The third-order valence-electron chi connectivity index (χ3n) is 3.22. The number of nitrogens with zero attached hydrogens (tertiary/aromatic N) is 1. The number of esters is 1. The molecule has 1 aliphatic rings. The van der Waals surface area contributed by atoms with Gasteiger partial charge in [0, 0.05) is 5.56 Å². The van der Waals surface area contributed by atoms with Gasteiger partial charge in [-0.1, -0.05) is 26.0 Å². The molecule has 1 N–H and O–H groups in total. The van der Waals surface area contributed by atoms with Gasteiger partial charge in [0.25, 0.3) is 10.0 Å². The number of aliphatic imine (C=N–C) groups is 1. The Morgan fingerprint density at radius 1 is 1.26 bits per heavy atom. The summed E-state index contributed by atoms with van der Waals surface area (Å²) in [6.45, 7) is 4.51. The van der Waals surface area contributed by atoms with Crippen molar-refractivity contribution in [2.45, 2.75) is 31.7 Å². The summed E-state index contributed by atoms with van der Waals surface area (Å²) in [6, 6.07) is 5.48. The molecule has 1 aromatic carbocycles. The second kappa shape index (κ2) is 6.49. The predicted octanol–water partition coefficient (Wildman–Crippen LogP) is 0.882. The van der Waals surface area contributed by atoms with Crippen LogP contribution in [0.2, 0.25) is 0 Å². The van der Waals surface area contributed by atoms with Crippen LogP contribution >= 0.6 is 0 Å². The molecule has 23 heavy (non-hydrogen) atoms. The molecule has 0 aromatic heterocycles. The van der Waals surface area contributed by atoms with E-state index in [0.29, 0.717) is 5.56 Å². The highest BCUT2D eigenvalue weighted by atomic mass is 32.2. The molecule has 0 amide bonds. The number of carbonyl (C=O) groups excluding carboxylic acids is 2. The Bertz CT molecular complexity index is 768. The number of ether oxygens (including phenoxy) is 1. The van der Waals surface area contributed by atoms with Gasteiger partial charge in [0.2, 0.25) is 0 Å². The van der Waals surface area contributed by atoms with Crippen molar-refractivity contribution in [2.75, 3.05) is 6.61 Å². The van der Waals surface area contributed by atoms with Crippen LogP contribution in [0.5, 0.6) is 0 Å². The first-order chi connectivity index (χ1) is 10.7. The summed E-state index contributed by atoms with van der Waals surface area (Å²) in [4.78, 5) is 27.4. The number of fused-ring (bicyclic) bond motifs is 1. The van der Waals surface area contributed by atoms with E-state index < -0.39 is 22.0 Å². The summed E-state index contributed by atoms with van der Waals surface area (Å²) in [5.41, 5.74) is 0.414. The van der Waals surface area contributed by atoms with Crippen molar-refractivity contribution in [2.24, 2.45) is 10.9 Å². The van der Waals surface area contributed by atoms with E-state index in [1.807, 2.05) is 0 Å². The molecule has 0 aliphatic carbocycles. The second-order valence-electron chi connectivity index (χ2n) is 5.58. The van der Waals surface area contributed by atoms with E-state index in [0.717, 1.165) is 0 Å². The normalized spacial score (nSPS) is 18.3. The van der Waals surface area contributed by atoms with E-state index in [2.05, 4.69) is 9.71 Å². The van der Waals surface area contributed by atoms with Gasteiger partial charge in [-0.15, -0.1) is 0 Å². The SMILES string of the molecule is CC(=O)COC(=O)[C@@H](N=C1NS(=O)(=O)c2ccccc21)C(C)C. The number of Topliss-reactive ketones (excluding diaryl/α,β-unsaturated/α-hetero) is 1. The Labute approximate surface area is 134 Å². The van der Waals surface area contributed by atoms with Crippen LogP contribution in [0, 0.1) is 5.92 Å². The van der Waals surface area contributed by atoms with Crippen molar-refractivity contribution in [3.8, 4) is 0 Å². The van der Waals surface area contributed by atoms with Gasteiger partial charge in [-0.2, -0.15) is 0 Å². The lowest BCUT2D eigenvalue weighted by Crippen LogP contribution is -2.32. The van der Waals surface area contributed by atoms with E-state index in [-0.39, 0.29) is 29.0 Å². The molecule has 0 radical (unpaired) electrons. The fraction of sp³-hybridized carbons (Fsp3) is 0.400. The first-order valence-electron chi connectivity index (χ1n) is 7.08. The van der Waals surface area contributed by atoms with Crippen molar-refractivity contribution >= 4 is 27.6 Å². The maximum absolute atomic E-state index is 12.1. The number of carbonyl (C=O) groups is 2. The molecule has 2 rings (SSSR count). The molecule has 0 spiro atoms. The number of amidine groups is 1. The van der Waals surface area contributed by atoms with Gasteiger partial charge in [-0.25, -0.2) is 13.2 Å². The van der Waals surface area contributed by atoms with Crippen molar-refractivity contribution in [1.29, 1.82) is 0 Å². The molecule has 1 heterocycles. The highest BCUT2D eigenvalue weighted by Gasteiger charge is 2.33. The lowest BCUT2D eigenvalue weighted by molar-refractivity contribution is -0.149. The van der Waals surface area contributed by atoms with E-state index >= 15 is 0 Å². The van der Waals surface area contributed by atoms with E-state index in [9.17, 15) is 18.0 Å². The Hall–Kier alpha value is -2.22. The number of benzene rings is 1. The predicted molar refractivity (Wildman–Crippen MR) is 83.6 cm³/mol. The van der Waals surface area contributed by atoms with Crippen LogP contribution in [0.15, 0.2) is 34.2 Å². The van der Waals surface area contributed by atoms with Gasteiger partial charge < -0.3 is 4.74 Å². The highest BCUT2D eigenvalue weighted by Crippen LogP contribution is 2.23. The molecule has 0 bridgehead atoms. The number of ketones is 1. The third-order valence-corrected chi connectivity index (χ3v) is 4.62. The van der Waals surface area contributed by atoms with Crippen LogP contribution < -0.4 is 4.72 Å². The summed E-state index contributed by atoms with van der Waals surface area (Å²) < 4.78 is 31.3. The molecule has 0 saturated heterocycles. The molecule has 7 nitrogen and oxygen atoms in total. The molecule has 0 unspecified atom stereocenters. The van der Waals surface area contributed by atoms with Gasteiger partial charge in [0.15, 0.2) is 11.8 Å². The quantitative estimate of drug-likeness (QED) is 0.803. The standard InChI is InChI=1S/C15H18N2O5S/c1-9(2)13(15(19)22-8-10(3)18)16-14-11-6-4-5-7-12(11)23(20,21)17-14/h4-7,9,13H,8H2,1-3H3,(H,16,17)/t13-/m0/s1. The first-order valence-corrected chi connectivity index (χ1v) is 8.57. The molecule has 0 fully saturated rings. The van der Waals surface area contributed by atoms with Crippen LogP contribution in [-0.4, -0.2) is 38.7 Å². The lowest BCUT2D eigenvalue weighted by atomic mass is 10.1. The Kier molecular flexibility index (Phi) is 4.84. The second-order valence-corrected chi connectivity index (χ2v) is 7.23. The molecule has 124 valence electrons. The first kappa shape index (κ1) is 17.1. The number of nitrogens with one attached hydrogen (secondary N) is 1. The zero-order valence-corrected chi connectivity index (χ0v) is 13.9. The lowest BCUT2D eigenvalue weighted by Gasteiger charge is -2.16. The van der Waals surface area contributed by atoms with Gasteiger partial charge in [0.1, 0.15) is 12.4 Å². The van der Waals surface area contributed by atoms with Crippen molar-refractivity contribution in [3.63, 3.8) is 0 Å². The number of sulfonamides is 1. The van der Waals surface area contributed by atoms with E-state index in [4.69, 9.17) is 4.74 Å². The third kappa shape index (κ3) is 3.76. The topological polar surface area (TPSA) is 102 Å². The summed E-state index contributed by atoms with van der Waals surface area (Å²) in [7, 11) is -3.66. The zero-order valence-electron chi connectivity index (χ0n) is 13.1. The number of hydrogen-bond acceptors (Lipinski definition) is 6. The summed E-state index contributed by atoms with van der Waals surface area (Å²) in [5.74, 6) is -1.05. The van der Waals surface area contributed by atoms with Crippen LogP contribution in [0.3, 0.4) is 0 Å². The van der Waals surface area contributed by atoms with Gasteiger partial charge >= 0.3 is 5.97 Å². The molecule has 1 aromatic rings. The van der Waals surface area contributed by atoms with Crippen LogP contribution in [-0.2, 0) is 24.3 Å². The summed E-state index contributed by atoms with van der Waals surface area (Å²) in [6.07, 6.45) is 0. The Balaban J connectivity index is 2.35. The monoisotopic (exact) mass is 338 g/mol. The van der Waals surface area contributed by atoms with E-state index in [1.54, 1.807) is 32.0 Å². The van der Waals surface area contributed by atoms with E-state index in [1.165, 1.54) is 13.0 Å². The average Bonchev–Trinajstić information content (AvgIpc) is 2.73. The minimum atomic E-state index is -3.66. The highest BCUT2D eigenvalue weighted by molar-refractivity contribution is 7.90. The van der Waals surface area contributed by atoms with Gasteiger partial charge in [-0.3, -0.25) is 14.5 Å².